The van der Waals surface area contributed by atoms with Crippen molar-refractivity contribution in [2.45, 2.75) is 27.7 Å². The van der Waals surface area contributed by atoms with Gasteiger partial charge in [-0.1, -0.05) is 47.5 Å². The summed E-state index contributed by atoms with van der Waals surface area (Å²) in [7, 11) is 0. The molecule has 1 aliphatic heterocycles. The Labute approximate surface area is 187 Å². The molecular formula is C26H23ClN2O2. The minimum atomic E-state index is -0.375. The molecule has 156 valence electrons. The molecule has 1 N–H and O–H groups in total. The first-order valence-electron chi connectivity index (χ1n) is 10.1. The highest BCUT2D eigenvalue weighted by atomic mass is 35.5. The molecule has 0 saturated heterocycles. The number of anilines is 2. The van der Waals surface area contributed by atoms with Gasteiger partial charge in [0.25, 0.3) is 11.8 Å². The zero-order valence-electron chi connectivity index (χ0n) is 17.9. The van der Waals surface area contributed by atoms with Gasteiger partial charge in [0.2, 0.25) is 0 Å². The normalized spacial score (nSPS) is 13.9. The Morgan fingerprint density at radius 2 is 1.39 bits per heavy atom. The Hall–Kier alpha value is -3.37. The Morgan fingerprint density at radius 1 is 0.742 bits per heavy atom. The number of benzene rings is 3. The van der Waals surface area contributed by atoms with Crippen molar-refractivity contribution in [3.63, 3.8) is 0 Å². The molecule has 3 aromatic carbocycles. The standard InChI is InChI=1S/C26H23ClN2O2/c1-15-5-10-22(18(4)12-15)28-24-23(19-6-8-20(27)9-7-19)25(30)29(26(24)31)21-13-16(2)11-17(3)14-21/h5-14,28H,1-4H3. The zero-order valence-corrected chi connectivity index (χ0v) is 18.7. The van der Waals surface area contributed by atoms with Gasteiger partial charge in [-0.25, -0.2) is 4.90 Å². The van der Waals surface area contributed by atoms with E-state index in [0.717, 1.165) is 27.9 Å². The topological polar surface area (TPSA) is 49.4 Å². The second kappa shape index (κ2) is 8.05. The highest BCUT2D eigenvalue weighted by Gasteiger charge is 2.40. The maximum Gasteiger partial charge on any atom is 0.282 e. The van der Waals surface area contributed by atoms with Crippen molar-refractivity contribution < 1.29 is 9.59 Å². The predicted octanol–water partition coefficient (Wildman–Crippen LogP) is 5.97. The number of hydrogen-bond acceptors (Lipinski definition) is 3. The molecule has 1 aliphatic rings. The van der Waals surface area contributed by atoms with Crippen molar-refractivity contribution in [1.29, 1.82) is 0 Å². The maximum atomic E-state index is 13.5. The van der Waals surface area contributed by atoms with Crippen molar-refractivity contribution in [2.75, 3.05) is 10.2 Å². The van der Waals surface area contributed by atoms with Gasteiger partial charge in [-0.2, -0.15) is 0 Å². The molecule has 2 amide bonds. The summed E-state index contributed by atoms with van der Waals surface area (Å²) in [5, 5.41) is 3.81. The molecule has 4 rings (SSSR count). The molecule has 1 heterocycles. The third-order valence-corrected chi connectivity index (χ3v) is 5.58. The fourth-order valence-corrected chi connectivity index (χ4v) is 4.06. The van der Waals surface area contributed by atoms with E-state index >= 15 is 0 Å². The van der Waals surface area contributed by atoms with Gasteiger partial charge >= 0.3 is 0 Å². The number of halogens is 1. The Kier molecular flexibility index (Phi) is 5.42. The van der Waals surface area contributed by atoms with E-state index in [1.807, 2.05) is 64.1 Å². The van der Waals surface area contributed by atoms with E-state index in [1.165, 1.54) is 4.90 Å². The molecule has 3 aromatic rings. The number of hydrogen-bond donors (Lipinski definition) is 1. The number of rotatable bonds is 4. The monoisotopic (exact) mass is 430 g/mol. The second-order valence-electron chi connectivity index (χ2n) is 7.99. The number of imide groups is 1. The van der Waals surface area contributed by atoms with Crippen molar-refractivity contribution in [1.82, 2.24) is 0 Å². The lowest BCUT2D eigenvalue weighted by Gasteiger charge is -2.17. The molecule has 0 bridgehead atoms. The van der Waals surface area contributed by atoms with E-state index in [4.69, 9.17) is 11.6 Å². The molecule has 0 unspecified atom stereocenters. The third kappa shape index (κ3) is 3.99. The van der Waals surface area contributed by atoms with E-state index in [0.29, 0.717) is 21.8 Å². The van der Waals surface area contributed by atoms with Crippen LogP contribution in [0.2, 0.25) is 5.02 Å². The lowest BCUT2D eigenvalue weighted by molar-refractivity contribution is -0.120. The average molecular weight is 431 g/mol. The number of amides is 2. The van der Waals surface area contributed by atoms with Gasteiger partial charge < -0.3 is 5.32 Å². The summed E-state index contributed by atoms with van der Waals surface area (Å²) in [4.78, 5) is 28.3. The lowest BCUT2D eigenvalue weighted by Crippen LogP contribution is -2.32. The van der Waals surface area contributed by atoms with Crippen LogP contribution >= 0.6 is 11.6 Å². The van der Waals surface area contributed by atoms with Gasteiger partial charge in [0.15, 0.2) is 0 Å². The summed E-state index contributed by atoms with van der Waals surface area (Å²) >= 11 is 6.05. The highest BCUT2D eigenvalue weighted by molar-refractivity contribution is 6.46. The first-order valence-corrected chi connectivity index (χ1v) is 10.4. The van der Waals surface area contributed by atoms with E-state index in [9.17, 15) is 9.59 Å². The molecule has 4 nitrogen and oxygen atoms in total. The van der Waals surface area contributed by atoms with Crippen LogP contribution in [0.15, 0.2) is 66.4 Å². The van der Waals surface area contributed by atoms with E-state index in [2.05, 4.69) is 5.32 Å². The van der Waals surface area contributed by atoms with Gasteiger partial charge in [0.1, 0.15) is 5.70 Å². The summed E-state index contributed by atoms with van der Waals surface area (Å²) in [6, 6.07) is 18.6. The SMILES string of the molecule is Cc1cc(C)cc(N2C(=O)C(Nc3ccc(C)cc3C)=C(c3ccc(Cl)cc3)C2=O)c1. The molecule has 0 atom stereocenters. The third-order valence-electron chi connectivity index (χ3n) is 5.32. The largest absolute Gasteiger partial charge is 0.350 e. The summed E-state index contributed by atoms with van der Waals surface area (Å²) < 4.78 is 0. The molecular weight excluding hydrogens is 408 g/mol. The van der Waals surface area contributed by atoms with Gasteiger partial charge in [-0.3, -0.25) is 9.59 Å². The molecule has 0 fully saturated rings. The first kappa shape index (κ1) is 20.9. The number of nitrogens with zero attached hydrogens (tertiary/aromatic N) is 1. The minimum Gasteiger partial charge on any atom is -0.350 e. The Balaban J connectivity index is 1.85. The van der Waals surface area contributed by atoms with Crippen LogP contribution in [-0.2, 0) is 9.59 Å². The molecule has 0 aliphatic carbocycles. The second-order valence-corrected chi connectivity index (χ2v) is 8.43. The van der Waals surface area contributed by atoms with Gasteiger partial charge in [0, 0.05) is 10.7 Å². The van der Waals surface area contributed by atoms with Crippen LogP contribution < -0.4 is 10.2 Å². The summed E-state index contributed by atoms with van der Waals surface area (Å²) in [6.45, 7) is 7.88. The van der Waals surface area contributed by atoms with Crippen molar-refractivity contribution in [3.8, 4) is 0 Å². The highest BCUT2D eigenvalue weighted by Crippen LogP contribution is 2.35. The zero-order chi connectivity index (χ0) is 22.3. The Morgan fingerprint density at radius 3 is 2.00 bits per heavy atom. The first-order chi connectivity index (χ1) is 14.7. The lowest BCUT2D eigenvalue weighted by atomic mass is 10.0. The fourth-order valence-electron chi connectivity index (χ4n) is 3.93. The number of nitrogens with one attached hydrogen (secondary N) is 1. The van der Waals surface area contributed by atoms with E-state index in [1.54, 1.807) is 24.3 Å². The molecule has 31 heavy (non-hydrogen) atoms. The number of carbonyl (C=O) groups excluding carboxylic acids is 2. The Bertz CT molecular complexity index is 1220. The van der Waals surface area contributed by atoms with Crippen molar-refractivity contribution in [2.24, 2.45) is 0 Å². The van der Waals surface area contributed by atoms with E-state index < -0.39 is 0 Å². The van der Waals surface area contributed by atoms with Crippen LogP contribution in [0, 0.1) is 27.7 Å². The van der Waals surface area contributed by atoms with Crippen molar-refractivity contribution >= 4 is 40.4 Å². The van der Waals surface area contributed by atoms with Crippen LogP contribution in [-0.4, -0.2) is 11.8 Å². The van der Waals surface area contributed by atoms with Gasteiger partial charge in [-0.05, 0) is 80.3 Å². The minimum absolute atomic E-state index is 0.262. The van der Waals surface area contributed by atoms with Crippen LogP contribution in [0.1, 0.15) is 27.8 Å². The van der Waals surface area contributed by atoms with Crippen LogP contribution in [0.4, 0.5) is 11.4 Å². The molecule has 0 radical (unpaired) electrons. The molecule has 0 saturated carbocycles. The molecule has 5 heteroatoms. The fraction of sp³-hybridized carbons (Fsp3) is 0.154. The summed E-state index contributed by atoms with van der Waals surface area (Å²) in [5.41, 5.74) is 6.68. The maximum absolute atomic E-state index is 13.5. The smallest absolute Gasteiger partial charge is 0.282 e. The van der Waals surface area contributed by atoms with E-state index in [-0.39, 0.29) is 17.5 Å². The average Bonchev–Trinajstić information content (AvgIpc) is 2.94. The predicted molar refractivity (Wildman–Crippen MR) is 126 cm³/mol. The van der Waals surface area contributed by atoms with Crippen molar-refractivity contribution in [3.05, 3.63) is 99.2 Å². The summed E-state index contributed by atoms with van der Waals surface area (Å²) in [5.74, 6) is -0.732. The quantitative estimate of drug-likeness (QED) is 0.518. The van der Waals surface area contributed by atoms with Crippen LogP contribution in [0.5, 0.6) is 0 Å². The van der Waals surface area contributed by atoms with Gasteiger partial charge in [-0.15, -0.1) is 0 Å². The van der Waals surface area contributed by atoms with Crippen LogP contribution in [0.3, 0.4) is 0 Å². The number of carbonyl (C=O) groups is 2. The summed E-state index contributed by atoms with van der Waals surface area (Å²) in [6.07, 6.45) is 0. The van der Waals surface area contributed by atoms with Gasteiger partial charge in [0.05, 0.1) is 11.3 Å². The molecule has 0 aromatic heterocycles. The van der Waals surface area contributed by atoms with Crippen LogP contribution in [0.25, 0.3) is 5.57 Å². The molecule has 0 spiro atoms. The number of aryl methyl sites for hydroxylation is 4.